The summed E-state index contributed by atoms with van der Waals surface area (Å²) >= 11 is 0. The number of aldehydes is 1. The van der Waals surface area contributed by atoms with Crippen LogP contribution in [0.1, 0.15) is 56.1 Å². The molecule has 16 heavy (non-hydrogen) atoms. The Bertz CT molecular complexity index is 357. The Morgan fingerprint density at radius 1 is 1.44 bits per heavy atom. The smallest absolute Gasteiger partial charge is 0.168 e. The molecule has 0 aliphatic heterocycles. The lowest BCUT2D eigenvalue weighted by atomic mass is 9.77. The summed E-state index contributed by atoms with van der Waals surface area (Å²) in [6, 6.07) is 0.469. The van der Waals surface area contributed by atoms with Gasteiger partial charge in [0.15, 0.2) is 6.29 Å². The zero-order chi connectivity index (χ0) is 11.5. The zero-order valence-corrected chi connectivity index (χ0v) is 10.1. The average molecular weight is 220 g/mol. The second-order valence-corrected chi connectivity index (χ2v) is 5.10. The maximum atomic E-state index is 10.9. The minimum absolute atomic E-state index is 0.469. The van der Waals surface area contributed by atoms with Crippen molar-refractivity contribution in [2.75, 3.05) is 0 Å². The van der Waals surface area contributed by atoms with Gasteiger partial charge in [-0.25, -0.2) is 4.98 Å². The number of hydrogen-bond acceptors (Lipinski definition) is 2. The molecule has 1 saturated carbocycles. The Morgan fingerprint density at radius 2 is 2.19 bits per heavy atom. The summed E-state index contributed by atoms with van der Waals surface area (Å²) in [6.45, 7) is 4.56. The lowest BCUT2D eigenvalue weighted by Gasteiger charge is -2.35. The van der Waals surface area contributed by atoms with E-state index in [4.69, 9.17) is 0 Å². The number of aromatic nitrogens is 2. The molecular weight excluding hydrogens is 200 g/mol. The normalized spacial score (nSPS) is 25.9. The minimum Gasteiger partial charge on any atom is -0.325 e. The molecule has 3 heteroatoms. The van der Waals surface area contributed by atoms with Crippen molar-refractivity contribution >= 4 is 6.29 Å². The lowest BCUT2D eigenvalue weighted by Crippen LogP contribution is -2.27. The summed E-state index contributed by atoms with van der Waals surface area (Å²) in [4.78, 5) is 15.0. The predicted molar refractivity (Wildman–Crippen MR) is 63.4 cm³/mol. The second-order valence-electron chi connectivity index (χ2n) is 5.10. The molecular formula is C13H20N2O. The topological polar surface area (TPSA) is 34.9 Å². The first-order valence-corrected chi connectivity index (χ1v) is 6.21. The minimum atomic E-state index is 0.469. The van der Waals surface area contributed by atoms with Gasteiger partial charge in [-0.2, -0.15) is 0 Å². The fourth-order valence-electron chi connectivity index (χ4n) is 2.95. The number of carbonyl (C=O) groups excluding carboxylic acids is 1. The molecule has 2 atom stereocenters. The molecule has 88 valence electrons. The zero-order valence-electron chi connectivity index (χ0n) is 10.1. The van der Waals surface area contributed by atoms with Crippen LogP contribution in [0.2, 0.25) is 0 Å². The molecule has 1 aliphatic rings. The highest BCUT2D eigenvalue weighted by Crippen LogP contribution is 2.38. The van der Waals surface area contributed by atoms with Crippen LogP contribution in [0.4, 0.5) is 0 Å². The Kier molecular flexibility index (Phi) is 3.42. The second kappa shape index (κ2) is 4.81. The molecule has 2 unspecified atom stereocenters. The van der Waals surface area contributed by atoms with Crippen LogP contribution in [0.25, 0.3) is 0 Å². The van der Waals surface area contributed by atoms with Gasteiger partial charge in [0.05, 0.1) is 12.5 Å². The van der Waals surface area contributed by atoms with Crippen LogP contribution in [0, 0.1) is 11.8 Å². The van der Waals surface area contributed by atoms with Gasteiger partial charge in [-0.3, -0.25) is 4.79 Å². The van der Waals surface area contributed by atoms with Crippen LogP contribution in [0.15, 0.2) is 12.5 Å². The summed E-state index contributed by atoms with van der Waals surface area (Å²) in [5.41, 5.74) is 0.720. The Hall–Kier alpha value is -1.12. The quantitative estimate of drug-likeness (QED) is 0.734. The summed E-state index contributed by atoms with van der Waals surface area (Å²) < 4.78 is 2.08. The van der Waals surface area contributed by atoms with Crippen molar-refractivity contribution in [3.8, 4) is 0 Å². The van der Waals surface area contributed by atoms with E-state index in [2.05, 4.69) is 23.4 Å². The number of nitrogens with zero attached hydrogens (tertiary/aromatic N) is 2. The maximum absolute atomic E-state index is 10.9. The van der Waals surface area contributed by atoms with Gasteiger partial charge in [-0.1, -0.05) is 26.7 Å². The number of rotatable bonds is 3. The summed E-state index contributed by atoms with van der Waals surface area (Å²) in [6.07, 6.45) is 9.45. The third-order valence-corrected chi connectivity index (χ3v) is 3.81. The van der Waals surface area contributed by atoms with Crippen LogP contribution in [-0.4, -0.2) is 15.8 Å². The van der Waals surface area contributed by atoms with Crippen molar-refractivity contribution in [1.29, 1.82) is 0 Å². The highest BCUT2D eigenvalue weighted by Gasteiger charge is 2.29. The van der Waals surface area contributed by atoms with Gasteiger partial charge in [-0.05, 0) is 24.7 Å². The molecule has 0 radical (unpaired) electrons. The van der Waals surface area contributed by atoms with Crippen molar-refractivity contribution in [1.82, 2.24) is 9.55 Å². The molecule has 1 heterocycles. The Labute approximate surface area is 96.9 Å². The van der Waals surface area contributed by atoms with Crippen LogP contribution in [-0.2, 0) is 0 Å². The van der Waals surface area contributed by atoms with Crippen LogP contribution in [0.5, 0.6) is 0 Å². The summed E-state index contributed by atoms with van der Waals surface area (Å²) in [5, 5.41) is 0. The molecule has 1 aliphatic carbocycles. The van der Waals surface area contributed by atoms with E-state index in [1.807, 2.05) is 6.33 Å². The van der Waals surface area contributed by atoms with Gasteiger partial charge in [0.2, 0.25) is 0 Å². The van der Waals surface area contributed by atoms with Crippen LogP contribution in [0.3, 0.4) is 0 Å². The highest BCUT2D eigenvalue weighted by atomic mass is 16.1. The van der Waals surface area contributed by atoms with E-state index in [-0.39, 0.29) is 0 Å². The summed E-state index contributed by atoms with van der Waals surface area (Å²) in [5.74, 6) is 1.36. The first kappa shape index (κ1) is 11.4. The molecule has 1 aromatic heterocycles. The van der Waals surface area contributed by atoms with E-state index in [0.717, 1.165) is 12.0 Å². The molecule has 1 aromatic rings. The molecule has 3 nitrogen and oxygen atoms in total. The fraction of sp³-hybridized carbons (Fsp3) is 0.692. The van der Waals surface area contributed by atoms with Crippen molar-refractivity contribution in [2.45, 2.75) is 45.6 Å². The molecule has 0 spiro atoms. The molecule has 0 saturated heterocycles. The predicted octanol–water partition coefficient (Wildman–Crippen LogP) is 3.08. The van der Waals surface area contributed by atoms with Crippen molar-refractivity contribution < 1.29 is 4.79 Å². The molecule has 1 fully saturated rings. The largest absolute Gasteiger partial charge is 0.325 e. The van der Waals surface area contributed by atoms with E-state index < -0.39 is 0 Å². The first-order valence-electron chi connectivity index (χ1n) is 6.21. The third-order valence-electron chi connectivity index (χ3n) is 3.81. The van der Waals surface area contributed by atoms with E-state index in [0.29, 0.717) is 17.9 Å². The fourth-order valence-corrected chi connectivity index (χ4v) is 2.95. The van der Waals surface area contributed by atoms with Crippen LogP contribution < -0.4 is 0 Å². The standard InChI is InChI=1S/C13H20N2O/c1-10(2)12-5-3-4-6-13(12)15-9-14-7-11(15)8-16/h7-10,12-13H,3-6H2,1-2H3. The molecule has 2 rings (SSSR count). The van der Waals surface area contributed by atoms with Crippen LogP contribution >= 0.6 is 0 Å². The van der Waals surface area contributed by atoms with E-state index in [1.54, 1.807) is 6.20 Å². The number of imidazole rings is 1. The Morgan fingerprint density at radius 3 is 2.88 bits per heavy atom. The van der Waals surface area contributed by atoms with E-state index >= 15 is 0 Å². The van der Waals surface area contributed by atoms with Crippen molar-refractivity contribution in [2.24, 2.45) is 11.8 Å². The number of hydrogen-bond donors (Lipinski definition) is 0. The molecule has 0 aromatic carbocycles. The lowest BCUT2D eigenvalue weighted by molar-refractivity contribution is 0.110. The average Bonchev–Trinajstić information content (AvgIpc) is 2.76. The monoisotopic (exact) mass is 220 g/mol. The third kappa shape index (κ3) is 2.04. The Balaban J connectivity index is 2.26. The highest BCUT2D eigenvalue weighted by molar-refractivity contribution is 5.71. The van der Waals surface area contributed by atoms with Crippen molar-refractivity contribution in [3.05, 3.63) is 18.2 Å². The van der Waals surface area contributed by atoms with Gasteiger partial charge >= 0.3 is 0 Å². The molecule has 0 N–H and O–H groups in total. The maximum Gasteiger partial charge on any atom is 0.168 e. The molecule has 0 bridgehead atoms. The molecule has 0 amide bonds. The van der Waals surface area contributed by atoms with E-state index in [9.17, 15) is 4.79 Å². The summed E-state index contributed by atoms with van der Waals surface area (Å²) in [7, 11) is 0. The van der Waals surface area contributed by atoms with Gasteiger partial charge in [0.25, 0.3) is 0 Å². The first-order chi connectivity index (χ1) is 7.74. The van der Waals surface area contributed by atoms with Crippen molar-refractivity contribution in [3.63, 3.8) is 0 Å². The number of carbonyl (C=O) groups is 1. The van der Waals surface area contributed by atoms with Gasteiger partial charge in [0, 0.05) is 6.04 Å². The van der Waals surface area contributed by atoms with Gasteiger partial charge < -0.3 is 4.57 Å². The van der Waals surface area contributed by atoms with Gasteiger partial charge in [0.1, 0.15) is 5.69 Å². The SMILES string of the molecule is CC(C)C1CCCCC1n1cncc1C=O. The van der Waals surface area contributed by atoms with Gasteiger partial charge in [-0.15, -0.1) is 0 Å². The van der Waals surface area contributed by atoms with E-state index in [1.165, 1.54) is 25.7 Å².